The predicted molar refractivity (Wildman–Crippen MR) is 125 cm³/mol. The number of amidine groups is 1. The highest BCUT2D eigenvalue weighted by molar-refractivity contribution is 7.90. The smallest absolute Gasteiger partial charge is 0.263 e. The number of fused-ring (bicyclic) bond motifs is 1. The number of likely N-dealkylation sites (N-methyl/N-ethyl adjacent to an activating group) is 1. The molecule has 4 rings (SSSR count). The molecule has 8 heteroatoms. The van der Waals surface area contributed by atoms with E-state index in [1.165, 1.54) is 5.56 Å². The average molecular weight is 455 g/mol. The van der Waals surface area contributed by atoms with Crippen LogP contribution in [0.2, 0.25) is 0 Å². The van der Waals surface area contributed by atoms with Gasteiger partial charge in [0.05, 0.1) is 10.9 Å². The molecular formula is C24H30N4O3S. The lowest BCUT2D eigenvalue weighted by Gasteiger charge is -2.40. The zero-order valence-corrected chi connectivity index (χ0v) is 19.2. The van der Waals surface area contributed by atoms with Crippen LogP contribution in [0.3, 0.4) is 0 Å². The maximum atomic E-state index is 12.9. The number of unbranched alkanes of at least 4 members (excludes halogenated alkanes) is 2. The number of nitrogens with one attached hydrogen (secondary N) is 1. The van der Waals surface area contributed by atoms with Gasteiger partial charge in [-0.15, -0.1) is 0 Å². The van der Waals surface area contributed by atoms with E-state index >= 15 is 0 Å². The fourth-order valence-corrected chi connectivity index (χ4v) is 5.58. The normalized spacial score (nSPS) is 21.3. The van der Waals surface area contributed by atoms with Crippen molar-refractivity contribution < 1.29 is 13.2 Å². The molecule has 2 aromatic rings. The van der Waals surface area contributed by atoms with Gasteiger partial charge in [-0.2, -0.15) is 0 Å². The number of piperazine rings is 1. The van der Waals surface area contributed by atoms with E-state index in [0.29, 0.717) is 24.4 Å². The largest absolute Gasteiger partial charge is 0.333 e. The lowest BCUT2D eigenvalue weighted by molar-refractivity contribution is -0.136. The van der Waals surface area contributed by atoms with Crippen LogP contribution < -0.4 is 4.72 Å². The van der Waals surface area contributed by atoms with Crippen molar-refractivity contribution in [2.24, 2.45) is 4.99 Å². The highest BCUT2D eigenvalue weighted by atomic mass is 32.2. The van der Waals surface area contributed by atoms with Crippen molar-refractivity contribution in [1.82, 2.24) is 14.5 Å². The molecule has 7 nitrogen and oxygen atoms in total. The second kappa shape index (κ2) is 9.83. The Bertz CT molecular complexity index is 1090. The summed E-state index contributed by atoms with van der Waals surface area (Å²) >= 11 is 0. The Morgan fingerprint density at radius 2 is 1.78 bits per heavy atom. The maximum absolute atomic E-state index is 12.9. The third kappa shape index (κ3) is 5.02. The van der Waals surface area contributed by atoms with Crippen molar-refractivity contribution in [3.8, 4) is 0 Å². The Balaban J connectivity index is 1.26. The van der Waals surface area contributed by atoms with Crippen LogP contribution in [0.1, 0.15) is 42.9 Å². The third-order valence-electron chi connectivity index (χ3n) is 6.07. The van der Waals surface area contributed by atoms with Crippen molar-refractivity contribution in [1.29, 1.82) is 0 Å². The summed E-state index contributed by atoms with van der Waals surface area (Å²) in [7, 11) is -1.39. The van der Waals surface area contributed by atoms with Crippen LogP contribution in [-0.2, 0) is 14.8 Å². The van der Waals surface area contributed by atoms with Crippen molar-refractivity contribution >= 4 is 21.8 Å². The number of hydrogen-bond acceptors (Lipinski definition) is 5. The molecule has 2 aliphatic heterocycles. The minimum Gasteiger partial charge on any atom is -0.333 e. The molecule has 0 bridgehead atoms. The van der Waals surface area contributed by atoms with Crippen LogP contribution in [0.5, 0.6) is 0 Å². The van der Waals surface area contributed by atoms with E-state index in [-0.39, 0.29) is 16.8 Å². The van der Waals surface area contributed by atoms with Crippen LogP contribution in [0.25, 0.3) is 0 Å². The Morgan fingerprint density at radius 3 is 2.59 bits per heavy atom. The Hall–Kier alpha value is -2.71. The molecule has 2 aromatic carbocycles. The van der Waals surface area contributed by atoms with Gasteiger partial charge in [-0.25, -0.2) is 8.42 Å². The predicted octanol–water partition coefficient (Wildman–Crippen LogP) is 2.80. The molecule has 2 heterocycles. The third-order valence-corrected chi connectivity index (χ3v) is 7.47. The number of nitrogens with zero attached hydrogens (tertiary/aromatic N) is 3. The SMILES string of the molecule is CN1CCN(C(=O)CCCCCN=C2NS(=O)(=O)c3ccccc32)C(c2ccccc2)C1. The molecule has 32 heavy (non-hydrogen) atoms. The fourth-order valence-electron chi connectivity index (χ4n) is 4.33. The Labute approximate surface area is 190 Å². The summed E-state index contributed by atoms with van der Waals surface area (Å²) in [6.45, 7) is 3.03. The first-order valence-electron chi connectivity index (χ1n) is 11.2. The zero-order valence-electron chi connectivity index (χ0n) is 18.4. The Kier molecular flexibility index (Phi) is 6.91. The van der Waals surface area contributed by atoms with Gasteiger partial charge in [0.1, 0.15) is 5.84 Å². The summed E-state index contributed by atoms with van der Waals surface area (Å²) in [5.74, 6) is 0.621. The monoisotopic (exact) mass is 454 g/mol. The molecule has 0 spiro atoms. The van der Waals surface area contributed by atoms with Crippen molar-refractivity contribution in [3.05, 3.63) is 65.7 Å². The van der Waals surface area contributed by atoms with E-state index < -0.39 is 10.0 Å². The number of amides is 1. The van der Waals surface area contributed by atoms with Crippen molar-refractivity contribution in [2.75, 3.05) is 33.2 Å². The van der Waals surface area contributed by atoms with Gasteiger partial charge in [0.15, 0.2) is 0 Å². The summed E-state index contributed by atoms with van der Waals surface area (Å²) in [6, 6.07) is 17.2. The van der Waals surface area contributed by atoms with Crippen molar-refractivity contribution in [3.63, 3.8) is 0 Å². The number of aliphatic imine (C=N–C) groups is 1. The first-order chi connectivity index (χ1) is 15.5. The standard InChI is InChI=1S/C24H30N4O3S/c1-27-16-17-28(21(18-27)19-10-4-2-5-11-19)23(29)14-6-3-9-15-25-24-20-12-7-8-13-22(20)32(30,31)26-24/h2,4-5,7-8,10-13,21H,3,6,9,14-18H2,1H3,(H,25,26). The molecule has 0 radical (unpaired) electrons. The van der Waals surface area contributed by atoms with Gasteiger partial charge < -0.3 is 9.80 Å². The average Bonchev–Trinajstić information content (AvgIpc) is 3.06. The van der Waals surface area contributed by atoms with Gasteiger partial charge in [0.25, 0.3) is 10.0 Å². The molecule has 1 N–H and O–H groups in total. The summed E-state index contributed by atoms with van der Waals surface area (Å²) in [6.07, 6.45) is 3.02. The molecule has 1 saturated heterocycles. The molecule has 0 saturated carbocycles. The second-order valence-electron chi connectivity index (χ2n) is 8.42. The molecular weight excluding hydrogens is 424 g/mol. The van der Waals surface area contributed by atoms with Gasteiger partial charge >= 0.3 is 0 Å². The number of benzene rings is 2. The van der Waals surface area contributed by atoms with E-state index in [9.17, 15) is 13.2 Å². The number of rotatable bonds is 7. The van der Waals surface area contributed by atoms with Gasteiger partial charge in [-0.1, -0.05) is 48.9 Å². The van der Waals surface area contributed by atoms with Crippen LogP contribution in [0.15, 0.2) is 64.5 Å². The fraction of sp³-hybridized carbons (Fsp3) is 0.417. The highest BCUT2D eigenvalue weighted by Gasteiger charge is 2.30. The lowest BCUT2D eigenvalue weighted by atomic mass is 10.0. The summed E-state index contributed by atoms with van der Waals surface area (Å²) in [5, 5.41) is 0. The second-order valence-corrected chi connectivity index (χ2v) is 10.1. The van der Waals surface area contributed by atoms with Gasteiger partial charge in [0.2, 0.25) is 5.91 Å². The van der Waals surface area contributed by atoms with E-state index in [2.05, 4.69) is 33.8 Å². The van der Waals surface area contributed by atoms with Gasteiger partial charge in [-0.05, 0) is 37.6 Å². The van der Waals surface area contributed by atoms with Gasteiger partial charge in [0, 0.05) is 38.2 Å². The molecule has 2 aliphatic rings. The first-order valence-corrected chi connectivity index (χ1v) is 12.6. The topological polar surface area (TPSA) is 82.1 Å². The maximum Gasteiger partial charge on any atom is 0.263 e. The summed E-state index contributed by atoms with van der Waals surface area (Å²) in [5.41, 5.74) is 1.81. The molecule has 0 aliphatic carbocycles. The van der Waals surface area contributed by atoms with E-state index in [1.807, 2.05) is 29.2 Å². The minimum atomic E-state index is -3.49. The lowest BCUT2D eigenvalue weighted by Crippen LogP contribution is -2.49. The van der Waals surface area contributed by atoms with Crippen LogP contribution >= 0.6 is 0 Å². The van der Waals surface area contributed by atoms with Crippen LogP contribution in [0, 0.1) is 0 Å². The number of carbonyl (C=O) groups is 1. The number of sulfonamides is 1. The van der Waals surface area contributed by atoms with Crippen LogP contribution in [0.4, 0.5) is 0 Å². The van der Waals surface area contributed by atoms with Gasteiger partial charge in [-0.3, -0.25) is 14.5 Å². The summed E-state index contributed by atoms with van der Waals surface area (Å²) in [4.78, 5) is 22.0. The Morgan fingerprint density at radius 1 is 1.03 bits per heavy atom. The molecule has 0 aromatic heterocycles. The van der Waals surface area contributed by atoms with E-state index in [1.54, 1.807) is 18.2 Å². The van der Waals surface area contributed by atoms with E-state index in [0.717, 1.165) is 38.9 Å². The molecule has 170 valence electrons. The van der Waals surface area contributed by atoms with Crippen LogP contribution in [-0.4, -0.2) is 63.2 Å². The number of carbonyl (C=O) groups excluding carboxylic acids is 1. The summed E-state index contributed by atoms with van der Waals surface area (Å²) < 4.78 is 26.8. The van der Waals surface area contributed by atoms with Crippen molar-refractivity contribution in [2.45, 2.75) is 36.6 Å². The quantitative estimate of drug-likeness (QED) is 0.653. The zero-order chi connectivity index (χ0) is 22.6. The molecule has 1 fully saturated rings. The molecule has 1 amide bonds. The highest BCUT2D eigenvalue weighted by Crippen LogP contribution is 2.26. The number of hydrogen-bond donors (Lipinski definition) is 1. The minimum absolute atomic E-state index is 0.101. The molecule has 1 unspecified atom stereocenters. The van der Waals surface area contributed by atoms with E-state index in [4.69, 9.17) is 0 Å². The molecule has 1 atom stereocenters. The first kappa shape index (κ1) is 22.5.